The fourth-order valence-electron chi connectivity index (χ4n) is 3.26. The van der Waals surface area contributed by atoms with E-state index in [2.05, 4.69) is 15.6 Å². The number of hydrogen-bond donors (Lipinski definition) is 2. The first kappa shape index (κ1) is 24.0. The third-order valence-electron chi connectivity index (χ3n) is 4.99. The zero-order valence-corrected chi connectivity index (χ0v) is 20.0. The molecule has 0 aliphatic rings. The summed E-state index contributed by atoms with van der Waals surface area (Å²) >= 11 is 1.30. The van der Waals surface area contributed by atoms with Gasteiger partial charge in [-0.3, -0.25) is 14.2 Å². The van der Waals surface area contributed by atoms with Gasteiger partial charge in [-0.2, -0.15) is 0 Å². The maximum Gasteiger partial charge on any atom is 0.251 e. The van der Waals surface area contributed by atoms with Crippen LogP contribution in [0.1, 0.15) is 16.1 Å². The van der Waals surface area contributed by atoms with Crippen LogP contribution in [-0.2, 0) is 11.3 Å². The average Bonchev–Trinajstić information content (AvgIpc) is 3.58. The van der Waals surface area contributed by atoms with Gasteiger partial charge < -0.3 is 24.5 Å². The second kappa shape index (κ2) is 11.3. The topological polar surface area (TPSA) is 108 Å². The Bertz CT molecular complexity index is 1260. The van der Waals surface area contributed by atoms with Crippen molar-refractivity contribution in [1.82, 2.24) is 14.9 Å². The molecule has 0 bridgehead atoms. The summed E-state index contributed by atoms with van der Waals surface area (Å²) in [5.74, 6) is 1.62. The molecule has 0 aliphatic carbocycles. The van der Waals surface area contributed by atoms with Crippen molar-refractivity contribution < 1.29 is 23.5 Å². The minimum atomic E-state index is -0.195. The highest BCUT2D eigenvalue weighted by Gasteiger charge is 2.12. The van der Waals surface area contributed by atoms with Crippen LogP contribution in [0.5, 0.6) is 11.5 Å². The molecule has 0 saturated heterocycles. The van der Waals surface area contributed by atoms with E-state index in [1.165, 1.54) is 11.8 Å². The van der Waals surface area contributed by atoms with E-state index in [9.17, 15) is 9.59 Å². The van der Waals surface area contributed by atoms with Crippen molar-refractivity contribution >= 4 is 29.3 Å². The molecule has 2 amide bonds. The largest absolute Gasteiger partial charge is 0.497 e. The number of hydrogen-bond acceptors (Lipinski definition) is 7. The Morgan fingerprint density at radius 1 is 1.06 bits per heavy atom. The van der Waals surface area contributed by atoms with Crippen molar-refractivity contribution in [2.24, 2.45) is 0 Å². The van der Waals surface area contributed by atoms with Gasteiger partial charge in [-0.15, -0.1) is 0 Å². The standard InChI is InChI=1S/C25H24N4O5S/c1-32-21-12-18(13-22(14-21)33-2)28-23(30)16-35-25-26-9-10-29(25)19-7-5-17(6-8-19)24(31)27-15-20-4-3-11-34-20/h3-14H,15-16H2,1-2H3,(H,27,31)(H,28,30). The Hall–Kier alpha value is -4.18. The summed E-state index contributed by atoms with van der Waals surface area (Å²) in [6.45, 7) is 0.320. The van der Waals surface area contributed by atoms with Crippen molar-refractivity contribution in [2.75, 3.05) is 25.3 Å². The van der Waals surface area contributed by atoms with Crippen molar-refractivity contribution in [2.45, 2.75) is 11.7 Å². The number of aromatic nitrogens is 2. The van der Waals surface area contributed by atoms with Gasteiger partial charge in [0.05, 0.1) is 32.8 Å². The fraction of sp³-hybridized carbons (Fsp3) is 0.160. The SMILES string of the molecule is COc1cc(NC(=O)CSc2nccn2-c2ccc(C(=O)NCc3ccco3)cc2)cc(OC)c1. The molecular formula is C25H24N4O5S. The van der Waals surface area contributed by atoms with E-state index in [1.54, 1.807) is 75.3 Å². The fourth-order valence-corrected chi connectivity index (χ4v) is 4.03. The van der Waals surface area contributed by atoms with E-state index < -0.39 is 0 Å². The van der Waals surface area contributed by atoms with Gasteiger partial charge in [0.15, 0.2) is 5.16 Å². The third kappa shape index (κ3) is 6.24. The van der Waals surface area contributed by atoms with Gasteiger partial charge >= 0.3 is 0 Å². The number of amides is 2. The van der Waals surface area contributed by atoms with E-state index in [0.717, 1.165) is 5.69 Å². The minimum absolute atomic E-state index is 0.157. The molecule has 0 fully saturated rings. The van der Waals surface area contributed by atoms with Crippen LogP contribution >= 0.6 is 11.8 Å². The summed E-state index contributed by atoms with van der Waals surface area (Å²) in [6.07, 6.45) is 5.03. The number of nitrogens with one attached hydrogen (secondary N) is 2. The van der Waals surface area contributed by atoms with E-state index in [1.807, 2.05) is 16.7 Å². The smallest absolute Gasteiger partial charge is 0.251 e. The van der Waals surface area contributed by atoms with Gasteiger partial charge in [0.2, 0.25) is 5.91 Å². The lowest BCUT2D eigenvalue weighted by atomic mass is 10.2. The molecule has 2 heterocycles. The quantitative estimate of drug-likeness (QED) is 0.320. The van der Waals surface area contributed by atoms with Gasteiger partial charge in [-0.1, -0.05) is 11.8 Å². The zero-order chi connectivity index (χ0) is 24.6. The molecule has 4 rings (SSSR count). The first-order valence-electron chi connectivity index (χ1n) is 10.7. The molecule has 0 saturated carbocycles. The number of carbonyl (C=O) groups excluding carboxylic acids is 2. The van der Waals surface area contributed by atoms with Crippen LogP contribution in [-0.4, -0.2) is 41.3 Å². The number of rotatable bonds is 10. The summed E-state index contributed by atoms with van der Waals surface area (Å²) in [5.41, 5.74) is 1.93. The minimum Gasteiger partial charge on any atom is -0.497 e. The molecule has 0 unspecified atom stereocenters. The Morgan fingerprint density at radius 2 is 1.80 bits per heavy atom. The summed E-state index contributed by atoms with van der Waals surface area (Å²) in [5, 5.41) is 6.32. The number of nitrogens with zero attached hydrogens (tertiary/aromatic N) is 2. The summed E-state index contributed by atoms with van der Waals surface area (Å²) in [6, 6.07) is 15.9. The second-order valence-corrected chi connectivity index (χ2v) is 8.27. The van der Waals surface area contributed by atoms with Crippen LogP contribution < -0.4 is 20.1 Å². The third-order valence-corrected chi connectivity index (χ3v) is 5.95. The number of ether oxygens (including phenoxy) is 2. The summed E-state index contributed by atoms with van der Waals surface area (Å²) < 4.78 is 17.6. The molecule has 180 valence electrons. The van der Waals surface area contributed by atoms with Crippen molar-refractivity contribution in [3.63, 3.8) is 0 Å². The van der Waals surface area contributed by atoms with Crippen LogP contribution in [0.25, 0.3) is 5.69 Å². The lowest BCUT2D eigenvalue weighted by molar-refractivity contribution is -0.113. The molecule has 2 aromatic carbocycles. The Kier molecular flexibility index (Phi) is 7.74. The number of methoxy groups -OCH3 is 2. The van der Waals surface area contributed by atoms with Crippen LogP contribution in [0.4, 0.5) is 5.69 Å². The molecule has 35 heavy (non-hydrogen) atoms. The normalized spacial score (nSPS) is 10.6. The molecule has 9 nitrogen and oxygen atoms in total. The molecule has 2 N–H and O–H groups in total. The van der Waals surface area contributed by atoms with E-state index in [0.29, 0.717) is 40.2 Å². The van der Waals surface area contributed by atoms with Gasteiger partial charge in [0.25, 0.3) is 5.91 Å². The molecule has 0 spiro atoms. The van der Waals surface area contributed by atoms with Gasteiger partial charge in [0.1, 0.15) is 17.3 Å². The molecule has 0 aliphatic heterocycles. The lowest BCUT2D eigenvalue weighted by Crippen LogP contribution is -2.22. The lowest BCUT2D eigenvalue weighted by Gasteiger charge is -2.11. The van der Waals surface area contributed by atoms with E-state index in [-0.39, 0.29) is 17.6 Å². The number of benzene rings is 2. The first-order chi connectivity index (χ1) is 17.1. The maximum atomic E-state index is 12.5. The molecular weight excluding hydrogens is 468 g/mol. The van der Waals surface area contributed by atoms with Crippen LogP contribution in [0, 0.1) is 0 Å². The summed E-state index contributed by atoms with van der Waals surface area (Å²) in [7, 11) is 3.10. The van der Waals surface area contributed by atoms with E-state index in [4.69, 9.17) is 13.9 Å². The van der Waals surface area contributed by atoms with Crippen molar-refractivity contribution in [3.8, 4) is 17.2 Å². The van der Waals surface area contributed by atoms with E-state index >= 15 is 0 Å². The average molecular weight is 493 g/mol. The van der Waals surface area contributed by atoms with Gasteiger partial charge in [-0.05, 0) is 36.4 Å². The second-order valence-electron chi connectivity index (χ2n) is 7.33. The summed E-state index contributed by atoms with van der Waals surface area (Å²) in [4.78, 5) is 29.3. The predicted molar refractivity (Wildman–Crippen MR) is 132 cm³/mol. The molecule has 0 radical (unpaired) electrons. The van der Waals surface area contributed by atoms with Gasteiger partial charge in [-0.25, -0.2) is 4.98 Å². The molecule has 10 heteroatoms. The number of furan rings is 1. The maximum absolute atomic E-state index is 12.5. The van der Waals surface area contributed by atoms with Crippen LogP contribution in [0.15, 0.2) is 82.8 Å². The highest BCUT2D eigenvalue weighted by molar-refractivity contribution is 7.99. The predicted octanol–water partition coefficient (Wildman–Crippen LogP) is 4.14. The Morgan fingerprint density at radius 3 is 2.46 bits per heavy atom. The molecule has 0 atom stereocenters. The highest BCUT2D eigenvalue weighted by atomic mass is 32.2. The number of thioether (sulfide) groups is 1. The monoisotopic (exact) mass is 492 g/mol. The Labute approximate surface area is 206 Å². The molecule has 4 aromatic rings. The number of anilines is 1. The van der Waals surface area contributed by atoms with Crippen molar-refractivity contribution in [3.05, 3.63) is 84.6 Å². The zero-order valence-electron chi connectivity index (χ0n) is 19.2. The Balaban J connectivity index is 1.35. The van der Waals surface area contributed by atoms with Gasteiger partial charge in [0, 0.05) is 47.5 Å². The van der Waals surface area contributed by atoms with Crippen LogP contribution in [0.3, 0.4) is 0 Å². The van der Waals surface area contributed by atoms with Crippen molar-refractivity contribution in [1.29, 1.82) is 0 Å². The molecule has 2 aromatic heterocycles. The highest BCUT2D eigenvalue weighted by Crippen LogP contribution is 2.26. The number of carbonyl (C=O) groups is 2. The number of imidazole rings is 1. The van der Waals surface area contributed by atoms with Crippen LogP contribution in [0.2, 0.25) is 0 Å². The first-order valence-corrected chi connectivity index (χ1v) is 11.6.